The van der Waals surface area contributed by atoms with Crippen molar-refractivity contribution in [3.05, 3.63) is 24.3 Å². The third kappa shape index (κ3) is 4.81. The van der Waals surface area contributed by atoms with Gasteiger partial charge in [0, 0.05) is 28.9 Å². The molecule has 1 aliphatic heterocycles. The minimum absolute atomic E-state index is 0.0859. The van der Waals surface area contributed by atoms with E-state index in [4.69, 9.17) is 4.74 Å². The van der Waals surface area contributed by atoms with Crippen molar-refractivity contribution in [1.29, 1.82) is 0 Å². The van der Waals surface area contributed by atoms with E-state index in [9.17, 15) is 4.79 Å². The van der Waals surface area contributed by atoms with Crippen LogP contribution in [0.15, 0.2) is 29.2 Å². The maximum absolute atomic E-state index is 12.7. The number of hydrogen-bond donors (Lipinski definition) is 2. The van der Waals surface area contributed by atoms with E-state index < -0.39 is 4.75 Å². The fourth-order valence-corrected chi connectivity index (χ4v) is 4.54. The SMILES string of the molecule is CSc1ccc(-c2nc(NC(=O)C(C)(C)SC3CCOCC3)n[nH]2)cc1. The summed E-state index contributed by atoms with van der Waals surface area (Å²) in [6.45, 7) is 5.43. The average Bonchev–Trinajstić information content (AvgIpc) is 3.11. The number of ether oxygens (including phenoxy) is 1. The zero-order valence-electron chi connectivity index (χ0n) is 15.2. The van der Waals surface area contributed by atoms with E-state index in [0.29, 0.717) is 17.0 Å². The van der Waals surface area contributed by atoms with Gasteiger partial charge in [-0.2, -0.15) is 4.98 Å². The van der Waals surface area contributed by atoms with Crippen molar-refractivity contribution < 1.29 is 9.53 Å². The third-order valence-electron chi connectivity index (χ3n) is 4.25. The van der Waals surface area contributed by atoms with Crippen molar-refractivity contribution in [2.45, 2.75) is 41.6 Å². The molecule has 1 aromatic heterocycles. The van der Waals surface area contributed by atoms with Gasteiger partial charge in [0.2, 0.25) is 11.9 Å². The number of H-pyrrole nitrogens is 1. The summed E-state index contributed by atoms with van der Waals surface area (Å²) in [4.78, 5) is 18.3. The first-order valence-corrected chi connectivity index (χ1v) is 10.7. The molecule has 1 fully saturated rings. The van der Waals surface area contributed by atoms with Crippen molar-refractivity contribution in [1.82, 2.24) is 15.2 Å². The Labute approximate surface area is 162 Å². The lowest BCUT2D eigenvalue weighted by molar-refractivity contribution is -0.117. The van der Waals surface area contributed by atoms with Crippen LogP contribution in [-0.4, -0.2) is 50.6 Å². The largest absolute Gasteiger partial charge is 0.381 e. The second-order valence-electron chi connectivity index (χ2n) is 6.63. The Bertz CT molecular complexity index is 740. The number of carbonyl (C=O) groups excluding carboxylic acids is 1. The van der Waals surface area contributed by atoms with Crippen molar-refractivity contribution >= 4 is 35.4 Å². The molecule has 0 radical (unpaired) electrons. The number of anilines is 1. The second-order valence-corrected chi connectivity index (χ2v) is 9.43. The molecule has 8 heteroatoms. The molecule has 1 saturated heterocycles. The molecule has 140 valence electrons. The highest BCUT2D eigenvalue weighted by molar-refractivity contribution is 8.02. The summed E-state index contributed by atoms with van der Waals surface area (Å²) >= 11 is 3.39. The smallest absolute Gasteiger partial charge is 0.249 e. The van der Waals surface area contributed by atoms with Gasteiger partial charge in [-0.3, -0.25) is 15.2 Å². The van der Waals surface area contributed by atoms with E-state index in [-0.39, 0.29) is 5.91 Å². The van der Waals surface area contributed by atoms with Crippen LogP contribution in [0, 0.1) is 0 Å². The van der Waals surface area contributed by atoms with E-state index in [0.717, 1.165) is 31.6 Å². The number of rotatable bonds is 6. The number of nitrogens with zero attached hydrogens (tertiary/aromatic N) is 2. The second kappa shape index (κ2) is 8.45. The molecule has 0 bridgehead atoms. The number of thioether (sulfide) groups is 2. The fraction of sp³-hybridized carbons (Fsp3) is 0.500. The molecule has 3 rings (SSSR count). The van der Waals surface area contributed by atoms with Crippen molar-refractivity contribution in [3.8, 4) is 11.4 Å². The molecule has 0 spiro atoms. The normalized spacial score (nSPS) is 15.8. The zero-order valence-corrected chi connectivity index (χ0v) is 16.9. The molecule has 2 heterocycles. The van der Waals surface area contributed by atoms with Crippen LogP contribution in [0.2, 0.25) is 0 Å². The lowest BCUT2D eigenvalue weighted by atomic mass is 10.2. The number of benzene rings is 1. The molecule has 26 heavy (non-hydrogen) atoms. The van der Waals surface area contributed by atoms with Gasteiger partial charge in [-0.1, -0.05) is 12.1 Å². The van der Waals surface area contributed by atoms with Crippen LogP contribution in [0.4, 0.5) is 5.95 Å². The first-order valence-electron chi connectivity index (χ1n) is 8.62. The molecule has 1 aromatic carbocycles. The fourth-order valence-electron chi connectivity index (χ4n) is 2.71. The van der Waals surface area contributed by atoms with Gasteiger partial charge >= 0.3 is 0 Å². The van der Waals surface area contributed by atoms with Crippen LogP contribution < -0.4 is 5.32 Å². The third-order valence-corrected chi connectivity index (χ3v) is 6.57. The van der Waals surface area contributed by atoms with E-state index in [1.54, 1.807) is 23.5 Å². The number of nitrogens with one attached hydrogen (secondary N) is 2. The molecule has 1 amide bonds. The highest BCUT2D eigenvalue weighted by atomic mass is 32.2. The van der Waals surface area contributed by atoms with E-state index >= 15 is 0 Å². The lowest BCUT2D eigenvalue weighted by Crippen LogP contribution is -2.37. The van der Waals surface area contributed by atoms with Crippen LogP contribution in [0.5, 0.6) is 0 Å². The predicted molar refractivity (Wildman–Crippen MR) is 108 cm³/mol. The summed E-state index contributed by atoms with van der Waals surface area (Å²) in [5.74, 6) is 0.861. The standard InChI is InChI=1S/C18H24N4O2S2/c1-18(2,26-14-8-10-24-11-9-14)16(23)20-17-19-15(21-22-17)12-4-6-13(25-3)7-5-12/h4-7,14H,8-11H2,1-3H3,(H2,19,20,21,22,23). The van der Waals surface area contributed by atoms with Gasteiger partial charge in [-0.15, -0.1) is 28.6 Å². The van der Waals surface area contributed by atoms with Gasteiger partial charge in [0.1, 0.15) is 0 Å². The molecule has 2 N–H and O–H groups in total. The van der Waals surface area contributed by atoms with Crippen molar-refractivity contribution in [2.75, 3.05) is 24.8 Å². The Morgan fingerprint density at radius 1 is 1.27 bits per heavy atom. The molecule has 0 aliphatic carbocycles. The minimum Gasteiger partial charge on any atom is -0.381 e. The van der Waals surface area contributed by atoms with Gasteiger partial charge in [-0.05, 0) is 45.1 Å². The predicted octanol–water partition coefficient (Wildman–Crippen LogP) is 3.82. The Hall–Kier alpha value is -1.51. The van der Waals surface area contributed by atoms with Gasteiger partial charge in [-0.25, -0.2) is 0 Å². The van der Waals surface area contributed by atoms with E-state index in [1.165, 1.54) is 4.90 Å². The number of aromatic nitrogens is 3. The molecular formula is C18H24N4O2S2. The lowest BCUT2D eigenvalue weighted by Gasteiger charge is -2.30. The monoisotopic (exact) mass is 392 g/mol. The number of carbonyl (C=O) groups is 1. The molecule has 0 atom stereocenters. The first kappa shape index (κ1) is 19.3. The summed E-state index contributed by atoms with van der Waals surface area (Å²) in [6.07, 6.45) is 4.01. The molecule has 0 unspecified atom stereocenters. The summed E-state index contributed by atoms with van der Waals surface area (Å²) in [5.41, 5.74) is 0.937. The van der Waals surface area contributed by atoms with Crippen LogP contribution in [0.3, 0.4) is 0 Å². The Kier molecular flexibility index (Phi) is 6.26. The topological polar surface area (TPSA) is 79.9 Å². The summed E-state index contributed by atoms with van der Waals surface area (Å²) in [6, 6.07) is 8.05. The first-order chi connectivity index (χ1) is 12.5. The van der Waals surface area contributed by atoms with Gasteiger partial charge < -0.3 is 4.74 Å². The highest BCUT2D eigenvalue weighted by Gasteiger charge is 2.33. The Balaban J connectivity index is 1.62. The van der Waals surface area contributed by atoms with Crippen molar-refractivity contribution in [3.63, 3.8) is 0 Å². The molecular weight excluding hydrogens is 368 g/mol. The summed E-state index contributed by atoms with van der Waals surface area (Å²) in [5, 5.41) is 10.3. The summed E-state index contributed by atoms with van der Waals surface area (Å²) < 4.78 is 4.84. The highest BCUT2D eigenvalue weighted by Crippen LogP contribution is 2.34. The van der Waals surface area contributed by atoms with Crippen LogP contribution in [0.1, 0.15) is 26.7 Å². The maximum atomic E-state index is 12.7. The molecule has 0 saturated carbocycles. The molecule has 6 nitrogen and oxygen atoms in total. The maximum Gasteiger partial charge on any atom is 0.249 e. The van der Waals surface area contributed by atoms with Crippen molar-refractivity contribution in [2.24, 2.45) is 0 Å². The van der Waals surface area contributed by atoms with Gasteiger partial charge in [0.25, 0.3) is 0 Å². The van der Waals surface area contributed by atoms with Gasteiger partial charge in [0.05, 0.1) is 4.75 Å². The van der Waals surface area contributed by atoms with Gasteiger partial charge in [0.15, 0.2) is 5.82 Å². The van der Waals surface area contributed by atoms with Crippen LogP contribution >= 0.6 is 23.5 Å². The minimum atomic E-state index is -0.553. The van der Waals surface area contributed by atoms with Crippen LogP contribution in [0.25, 0.3) is 11.4 Å². The molecule has 1 aliphatic rings. The number of aromatic amines is 1. The van der Waals surface area contributed by atoms with E-state index in [1.807, 2.05) is 44.4 Å². The van der Waals surface area contributed by atoms with E-state index in [2.05, 4.69) is 20.5 Å². The Morgan fingerprint density at radius 3 is 2.62 bits per heavy atom. The number of amides is 1. The zero-order chi connectivity index (χ0) is 18.6. The van der Waals surface area contributed by atoms with Crippen LogP contribution in [-0.2, 0) is 9.53 Å². The quantitative estimate of drug-likeness (QED) is 0.728. The Morgan fingerprint density at radius 2 is 1.96 bits per heavy atom. The molecule has 2 aromatic rings. The number of hydrogen-bond acceptors (Lipinski definition) is 6. The average molecular weight is 393 g/mol. The summed E-state index contributed by atoms with van der Waals surface area (Å²) in [7, 11) is 0.